The molecule has 2 aliphatic rings. The van der Waals surface area contributed by atoms with E-state index in [0.717, 1.165) is 39.1 Å². The van der Waals surface area contributed by atoms with Crippen LogP contribution in [0.25, 0.3) is 10.9 Å². The van der Waals surface area contributed by atoms with E-state index >= 15 is 0 Å². The summed E-state index contributed by atoms with van der Waals surface area (Å²) in [6.45, 7) is 4.90. The minimum absolute atomic E-state index is 0.240. The molecule has 2 aliphatic heterocycles. The van der Waals surface area contributed by atoms with Gasteiger partial charge in [-0.15, -0.1) is 0 Å². The van der Waals surface area contributed by atoms with Crippen LogP contribution in [-0.2, 0) is 13.6 Å². The number of carbonyl (C=O) groups is 1. The lowest BCUT2D eigenvalue weighted by Crippen LogP contribution is -2.56. The lowest BCUT2D eigenvalue weighted by atomic mass is 9.79. The second-order valence-corrected chi connectivity index (χ2v) is 8.19. The summed E-state index contributed by atoms with van der Waals surface area (Å²) in [7, 11) is 2.08. The van der Waals surface area contributed by atoms with Crippen LogP contribution in [0.15, 0.2) is 37.1 Å². The smallest absolute Gasteiger partial charge is 0.277 e. The Labute approximate surface area is 168 Å². The molecule has 1 amide bonds. The van der Waals surface area contributed by atoms with Crippen LogP contribution in [0.2, 0.25) is 0 Å². The van der Waals surface area contributed by atoms with E-state index < -0.39 is 5.91 Å². The predicted octanol–water partition coefficient (Wildman–Crippen LogP) is 1.19. The van der Waals surface area contributed by atoms with Crippen LogP contribution >= 0.6 is 0 Å². The van der Waals surface area contributed by atoms with Crippen molar-refractivity contribution in [2.45, 2.75) is 13.0 Å². The molecular weight excluding hydrogens is 370 g/mol. The quantitative estimate of drug-likeness (QED) is 0.507. The number of nitrogens with one attached hydrogen (secondary N) is 1. The van der Waals surface area contributed by atoms with Gasteiger partial charge in [-0.1, -0.05) is 0 Å². The molecule has 150 valence electrons. The van der Waals surface area contributed by atoms with E-state index in [1.807, 2.05) is 12.4 Å². The maximum absolute atomic E-state index is 11.4. The number of fused-ring (bicyclic) bond motifs is 1. The molecule has 2 fully saturated rings. The molecule has 9 nitrogen and oxygen atoms in total. The zero-order valence-corrected chi connectivity index (χ0v) is 16.2. The minimum atomic E-state index is -0.604. The molecule has 9 heteroatoms. The van der Waals surface area contributed by atoms with E-state index in [1.165, 1.54) is 28.9 Å². The third kappa shape index (κ3) is 3.12. The lowest BCUT2D eigenvalue weighted by Gasteiger charge is -2.48. The highest BCUT2D eigenvalue weighted by molar-refractivity contribution is 5.92. The van der Waals surface area contributed by atoms with Gasteiger partial charge >= 0.3 is 0 Å². The van der Waals surface area contributed by atoms with E-state index in [4.69, 9.17) is 5.21 Å². The number of pyridine rings is 1. The molecule has 0 radical (unpaired) electrons. The Kier molecular flexibility index (Phi) is 4.21. The van der Waals surface area contributed by atoms with E-state index in [1.54, 1.807) is 5.48 Å². The van der Waals surface area contributed by atoms with Crippen LogP contribution in [0.4, 0.5) is 5.95 Å². The third-order valence-corrected chi connectivity index (χ3v) is 6.11. The fraction of sp³-hybridized carbons (Fsp3) is 0.400. The molecule has 2 N–H and O–H groups in total. The highest BCUT2D eigenvalue weighted by atomic mass is 16.5. The van der Waals surface area contributed by atoms with Crippen LogP contribution < -0.4 is 10.4 Å². The number of hydrogen-bond donors (Lipinski definition) is 2. The summed E-state index contributed by atoms with van der Waals surface area (Å²) >= 11 is 0. The molecule has 0 atom stereocenters. The van der Waals surface area contributed by atoms with Gasteiger partial charge in [0.1, 0.15) is 0 Å². The zero-order chi connectivity index (χ0) is 20.0. The van der Waals surface area contributed by atoms with Gasteiger partial charge in [-0.2, -0.15) is 0 Å². The van der Waals surface area contributed by atoms with Gasteiger partial charge in [0.25, 0.3) is 5.91 Å². The van der Waals surface area contributed by atoms with Crippen LogP contribution in [0, 0.1) is 5.41 Å². The Morgan fingerprint density at radius 1 is 1.24 bits per heavy atom. The van der Waals surface area contributed by atoms with Crippen molar-refractivity contribution in [2.24, 2.45) is 12.5 Å². The number of aryl methyl sites for hydroxylation is 1. The Morgan fingerprint density at radius 3 is 2.79 bits per heavy atom. The van der Waals surface area contributed by atoms with Gasteiger partial charge < -0.3 is 9.47 Å². The number of nitrogens with zero attached hydrogens (tertiary/aromatic N) is 6. The fourth-order valence-electron chi connectivity index (χ4n) is 4.73. The summed E-state index contributed by atoms with van der Waals surface area (Å²) in [6, 6.07) is 2.06. The van der Waals surface area contributed by atoms with Crippen LogP contribution in [-0.4, -0.2) is 61.7 Å². The van der Waals surface area contributed by atoms with Gasteiger partial charge in [0.05, 0.1) is 11.1 Å². The summed E-state index contributed by atoms with van der Waals surface area (Å²) in [5.41, 5.74) is 4.66. The maximum atomic E-state index is 11.4. The first kappa shape index (κ1) is 18.0. The summed E-state index contributed by atoms with van der Waals surface area (Å²) in [5.74, 6) is 0.0302. The van der Waals surface area contributed by atoms with Crippen molar-refractivity contribution in [3.63, 3.8) is 0 Å². The monoisotopic (exact) mass is 393 g/mol. The van der Waals surface area contributed by atoms with Crippen molar-refractivity contribution in [1.82, 2.24) is 29.9 Å². The second-order valence-electron chi connectivity index (χ2n) is 8.19. The predicted molar refractivity (Wildman–Crippen MR) is 107 cm³/mol. The molecule has 2 saturated heterocycles. The van der Waals surface area contributed by atoms with Crippen molar-refractivity contribution in [2.75, 3.05) is 31.1 Å². The Morgan fingerprint density at radius 2 is 2.03 bits per heavy atom. The fourth-order valence-corrected chi connectivity index (χ4v) is 4.73. The average molecular weight is 393 g/mol. The van der Waals surface area contributed by atoms with Gasteiger partial charge in [0.15, 0.2) is 0 Å². The number of carbonyl (C=O) groups excluding carboxylic acids is 1. The van der Waals surface area contributed by atoms with Gasteiger partial charge in [-0.05, 0) is 18.1 Å². The standard InChI is InChI=1S/C20H23N7O2/c1-25-9-15(16-8-21-4-2-17(16)25)10-26-11-20(12-26)3-5-27(13-20)19-22-6-14(7-23-19)18(28)24-29/h2,4,6-9,29H,3,5,10-13H2,1H3,(H,24,28). The summed E-state index contributed by atoms with van der Waals surface area (Å²) < 4.78 is 2.16. The van der Waals surface area contributed by atoms with E-state index in [9.17, 15) is 4.79 Å². The number of aromatic nitrogens is 4. The van der Waals surface area contributed by atoms with E-state index in [0.29, 0.717) is 5.95 Å². The van der Waals surface area contributed by atoms with Gasteiger partial charge in [0, 0.05) is 81.6 Å². The van der Waals surface area contributed by atoms with Gasteiger partial charge in [0.2, 0.25) is 5.95 Å². The Hall–Kier alpha value is -3.04. The zero-order valence-electron chi connectivity index (χ0n) is 16.2. The first-order chi connectivity index (χ1) is 14.1. The molecule has 1 spiro atoms. The van der Waals surface area contributed by atoms with Gasteiger partial charge in [-0.25, -0.2) is 15.4 Å². The molecule has 0 bridgehead atoms. The molecule has 29 heavy (non-hydrogen) atoms. The van der Waals surface area contributed by atoms with E-state index in [-0.39, 0.29) is 11.0 Å². The van der Waals surface area contributed by atoms with Crippen molar-refractivity contribution in [3.8, 4) is 0 Å². The number of likely N-dealkylation sites (tertiary alicyclic amines) is 1. The first-order valence-electron chi connectivity index (χ1n) is 9.69. The topological polar surface area (TPSA) is 99.4 Å². The van der Waals surface area contributed by atoms with Crippen molar-refractivity contribution in [1.29, 1.82) is 0 Å². The summed E-state index contributed by atoms with van der Waals surface area (Å²) in [6.07, 6.45) is 10.00. The van der Waals surface area contributed by atoms with Crippen molar-refractivity contribution in [3.05, 3.63) is 48.2 Å². The summed E-state index contributed by atoms with van der Waals surface area (Å²) in [5, 5.41) is 9.92. The molecular formula is C20H23N7O2. The molecule has 5 rings (SSSR count). The molecule has 3 aromatic heterocycles. The van der Waals surface area contributed by atoms with Crippen LogP contribution in [0.1, 0.15) is 22.3 Å². The Balaban J connectivity index is 1.22. The largest absolute Gasteiger partial charge is 0.350 e. The van der Waals surface area contributed by atoms with Crippen molar-refractivity contribution < 1.29 is 10.0 Å². The van der Waals surface area contributed by atoms with Gasteiger partial charge in [-0.3, -0.25) is 19.9 Å². The molecule has 0 aromatic carbocycles. The normalized spacial score (nSPS) is 18.3. The van der Waals surface area contributed by atoms with Crippen LogP contribution in [0.5, 0.6) is 0 Å². The summed E-state index contributed by atoms with van der Waals surface area (Å²) in [4.78, 5) is 29.0. The highest BCUT2D eigenvalue weighted by Gasteiger charge is 2.48. The average Bonchev–Trinajstić information content (AvgIpc) is 3.30. The SMILES string of the molecule is Cn1cc(CN2CC3(CCN(c4ncc(C(=O)NO)cn4)C3)C2)c2cnccc21. The molecule has 0 saturated carbocycles. The number of rotatable bonds is 4. The molecule has 0 aliphatic carbocycles. The maximum Gasteiger partial charge on any atom is 0.277 e. The minimum Gasteiger partial charge on any atom is -0.350 e. The molecule has 5 heterocycles. The first-order valence-corrected chi connectivity index (χ1v) is 9.69. The molecule has 0 unspecified atom stereocenters. The second kappa shape index (κ2) is 6.78. The third-order valence-electron chi connectivity index (χ3n) is 6.11. The lowest BCUT2D eigenvalue weighted by molar-refractivity contribution is 0.0119. The number of amides is 1. The van der Waals surface area contributed by atoms with Crippen molar-refractivity contribution >= 4 is 22.8 Å². The number of anilines is 1. The Bertz CT molecular complexity index is 1060. The number of hydrogen-bond acceptors (Lipinski definition) is 7. The van der Waals surface area contributed by atoms with Crippen LogP contribution in [0.3, 0.4) is 0 Å². The molecule has 3 aromatic rings. The van der Waals surface area contributed by atoms with E-state index in [2.05, 4.69) is 48.6 Å². The highest BCUT2D eigenvalue weighted by Crippen LogP contribution is 2.41. The number of hydroxylamine groups is 1.